The Kier molecular flexibility index (Phi) is 5.35. The van der Waals surface area contributed by atoms with E-state index in [2.05, 4.69) is 4.84 Å². The van der Waals surface area contributed by atoms with Crippen LogP contribution in [0.4, 0.5) is 28.0 Å². The Morgan fingerprint density at radius 2 is 1.91 bits per heavy atom. The molecule has 0 saturated heterocycles. The number of benzene rings is 1. The summed E-state index contributed by atoms with van der Waals surface area (Å²) in [7, 11) is 0. The molecule has 11 heteroatoms. The second kappa shape index (κ2) is 7.00. The molecular formula is C12H7F4N5O2. The fraction of sp³-hybridized carbons (Fsp3) is 0.0833. The van der Waals surface area contributed by atoms with Gasteiger partial charge in [-0.2, -0.15) is 23.7 Å². The second-order valence-corrected chi connectivity index (χ2v) is 3.79. The highest BCUT2D eigenvalue weighted by Crippen LogP contribution is 2.33. The zero-order valence-corrected chi connectivity index (χ0v) is 11.0. The number of carbonyl (C=O) groups is 1. The summed E-state index contributed by atoms with van der Waals surface area (Å²) in [4.78, 5) is 15.6. The average molecular weight is 329 g/mol. The molecule has 0 aliphatic rings. The molecule has 0 unspecified atom stereocenters. The molecule has 1 rings (SSSR count). The van der Waals surface area contributed by atoms with Gasteiger partial charge in [0.05, 0.1) is 5.56 Å². The van der Waals surface area contributed by atoms with Gasteiger partial charge in [0.1, 0.15) is 23.5 Å². The lowest BCUT2D eigenvalue weighted by Crippen LogP contribution is -2.27. The summed E-state index contributed by atoms with van der Waals surface area (Å²) in [5.41, 5.74) is 3.20. The van der Waals surface area contributed by atoms with Crippen LogP contribution in [0.25, 0.3) is 0 Å². The number of alkyl halides is 3. The number of carbonyl (C=O) groups excluding carboxylic acids is 1. The molecule has 0 saturated carbocycles. The molecule has 0 spiro atoms. The van der Waals surface area contributed by atoms with Crippen LogP contribution in [0.1, 0.15) is 5.56 Å². The lowest BCUT2D eigenvalue weighted by atomic mass is 10.2. The minimum atomic E-state index is -4.93. The van der Waals surface area contributed by atoms with Crippen molar-refractivity contribution < 1.29 is 27.2 Å². The molecule has 0 heterocycles. The third-order valence-electron chi connectivity index (χ3n) is 2.29. The molecule has 0 aliphatic heterocycles. The van der Waals surface area contributed by atoms with Gasteiger partial charge in [-0.25, -0.2) is 14.7 Å². The van der Waals surface area contributed by atoms with Crippen LogP contribution in [0, 0.1) is 28.5 Å². The molecule has 0 aromatic heterocycles. The number of amides is 1. The van der Waals surface area contributed by atoms with E-state index in [1.54, 1.807) is 10.8 Å². The molecule has 1 amide bonds. The number of allylic oxidation sites excluding steroid dienone is 2. The first kappa shape index (κ1) is 17.6. The summed E-state index contributed by atoms with van der Waals surface area (Å²) in [6, 6.07) is 5.07. The molecule has 1 aromatic carbocycles. The van der Waals surface area contributed by atoms with Crippen molar-refractivity contribution in [2.24, 2.45) is 5.73 Å². The first-order valence-electron chi connectivity index (χ1n) is 5.60. The number of nitrogens with zero attached hydrogens (tertiary/aromatic N) is 2. The van der Waals surface area contributed by atoms with Crippen LogP contribution in [-0.2, 0) is 11.0 Å². The van der Waals surface area contributed by atoms with Gasteiger partial charge in [0.25, 0.3) is 0 Å². The van der Waals surface area contributed by atoms with E-state index in [0.29, 0.717) is 6.07 Å². The summed E-state index contributed by atoms with van der Waals surface area (Å²) < 4.78 is 51.1. The van der Waals surface area contributed by atoms with Crippen LogP contribution in [0.15, 0.2) is 29.6 Å². The van der Waals surface area contributed by atoms with Gasteiger partial charge in [-0.3, -0.25) is 5.32 Å². The molecule has 1 aromatic rings. The summed E-state index contributed by atoms with van der Waals surface area (Å²) in [6.07, 6.45) is -6.32. The summed E-state index contributed by atoms with van der Waals surface area (Å²) in [5.74, 6) is -1.68. The van der Waals surface area contributed by atoms with Crippen LogP contribution in [-0.4, -0.2) is 6.09 Å². The first-order chi connectivity index (χ1) is 10.7. The van der Waals surface area contributed by atoms with Crippen LogP contribution in [0.3, 0.4) is 0 Å². The van der Waals surface area contributed by atoms with E-state index >= 15 is 0 Å². The maximum Gasteiger partial charge on any atom is 0.436 e. The Morgan fingerprint density at radius 3 is 2.43 bits per heavy atom. The molecule has 0 bridgehead atoms. The number of anilines is 1. The minimum absolute atomic E-state index is 0.505. The normalized spacial score (nSPS) is 11.6. The molecular weight excluding hydrogens is 322 g/mol. The smallest absolute Gasteiger partial charge is 0.388 e. The minimum Gasteiger partial charge on any atom is -0.388 e. The van der Waals surface area contributed by atoms with Gasteiger partial charge in [-0.1, -0.05) is 6.07 Å². The van der Waals surface area contributed by atoms with Gasteiger partial charge < -0.3 is 10.6 Å². The van der Waals surface area contributed by atoms with Gasteiger partial charge in [0.15, 0.2) is 11.5 Å². The van der Waals surface area contributed by atoms with Crippen molar-refractivity contribution in [2.75, 3.05) is 5.48 Å². The Hall–Kier alpha value is -3.47. The molecule has 0 aliphatic carbocycles. The number of rotatable bonds is 3. The quantitative estimate of drug-likeness (QED) is 0.443. The third-order valence-corrected chi connectivity index (χ3v) is 2.29. The number of hydrogen-bond acceptors (Lipinski definition) is 6. The summed E-state index contributed by atoms with van der Waals surface area (Å²) in [5, 5.41) is 18.8. The molecule has 120 valence electrons. The van der Waals surface area contributed by atoms with Crippen molar-refractivity contribution in [1.82, 2.24) is 5.32 Å². The van der Waals surface area contributed by atoms with Crippen LogP contribution < -0.4 is 16.5 Å². The van der Waals surface area contributed by atoms with Crippen molar-refractivity contribution in [3.63, 3.8) is 0 Å². The molecule has 23 heavy (non-hydrogen) atoms. The maximum atomic E-state index is 13.6. The molecule has 7 nitrogen and oxygen atoms in total. The van der Waals surface area contributed by atoms with Crippen molar-refractivity contribution in [2.45, 2.75) is 6.18 Å². The van der Waals surface area contributed by atoms with E-state index in [0.717, 1.165) is 12.1 Å². The van der Waals surface area contributed by atoms with Crippen LogP contribution in [0.5, 0.6) is 0 Å². The fourth-order valence-corrected chi connectivity index (χ4v) is 1.27. The SMILES string of the molecule is N#CC(N)=C(C#N)NC(=O)ONc1cccc(C(F)(F)F)c1F. The zero-order valence-electron chi connectivity index (χ0n) is 11.0. The lowest BCUT2D eigenvalue weighted by Gasteiger charge is -2.12. The monoisotopic (exact) mass is 329 g/mol. The lowest BCUT2D eigenvalue weighted by molar-refractivity contribution is -0.139. The van der Waals surface area contributed by atoms with Gasteiger partial charge in [0, 0.05) is 0 Å². The van der Waals surface area contributed by atoms with Crippen molar-refractivity contribution >= 4 is 11.8 Å². The third kappa shape index (κ3) is 4.50. The standard InChI is InChI=1S/C12H7F4N5O2/c13-10-6(12(14,15)16)2-1-3-8(10)21-23-11(22)20-9(5-18)7(19)4-17/h1-3,21H,19H2,(H,20,22). The number of nitrogens with two attached hydrogens (primary N) is 1. The number of nitriles is 2. The second-order valence-electron chi connectivity index (χ2n) is 3.79. The van der Waals surface area contributed by atoms with Gasteiger partial charge in [0.2, 0.25) is 0 Å². The van der Waals surface area contributed by atoms with Gasteiger partial charge in [-0.05, 0) is 12.1 Å². The number of halogens is 4. The zero-order chi connectivity index (χ0) is 17.6. The Balaban J connectivity index is 2.83. The van der Waals surface area contributed by atoms with E-state index in [4.69, 9.17) is 16.3 Å². The van der Waals surface area contributed by atoms with Crippen LogP contribution >= 0.6 is 0 Å². The maximum absolute atomic E-state index is 13.6. The topological polar surface area (TPSA) is 124 Å². The molecule has 0 radical (unpaired) electrons. The van der Waals surface area contributed by atoms with E-state index < -0.39 is 40.7 Å². The van der Waals surface area contributed by atoms with Crippen molar-refractivity contribution in [3.8, 4) is 12.1 Å². The van der Waals surface area contributed by atoms with E-state index in [1.807, 2.05) is 0 Å². The largest absolute Gasteiger partial charge is 0.436 e. The number of nitrogens with one attached hydrogen (secondary N) is 2. The Morgan fingerprint density at radius 1 is 1.26 bits per heavy atom. The van der Waals surface area contributed by atoms with Crippen molar-refractivity contribution in [3.05, 3.63) is 41.0 Å². The first-order valence-corrected chi connectivity index (χ1v) is 5.60. The van der Waals surface area contributed by atoms with E-state index in [-0.39, 0.29) is 0 Å². The predicted octanol–water partition coefficient (Wildman–Crippen LogP) is 2.12. The Bertz CT molecular complexity index is 730. The number of hydrogen-bond donors (Lipinski definition) is 3. The molecule has 0 fully saturated rings. The molecule has 4 N–H and O–H groups in total. The van der Waals surface area contributed by atoms with Gasteiger partial charge in [-0.15, -0.1) is 0 Å². The van der Waals surface area contributed by atoms with E-state index in [1.165, 1.54) is 12.1 Å². The van der Waals surface area contributed by atoms with E-state index in [9.17, 15) is 22.4 Å². The fourth-order valence-electron chi connectivity index (χ4n) is 1.27. The molecule has 0 atom stereocenters. The van der Waals surface area contributed by atoms with Crippen molar-refractivity contribution in [1.29, 1.82) is 10.5 Å². The summed E-state index contributed by atoms with van der Waals surface area (Å²) >= 11 is 0. The summed E-state index contributed by atoms with van der Waals surface area (Å²) in [6.45, 7) is 0. The van der Waals surface area contributed by atoms with Gasteiger partial charge >= 0.3 is 12.3 Å². The average Bonchev–Trinajstić information content (AvgIpc) is 2.49. The highest BCUT2D eigenvalue weighted by Gasteiger charge is 2.35. The highest BCUT2D eigenvalue weighted by molar-refractivity contribution is 5.72. The Labute approximate surface area is 126 Å². The highest BCUT2D eigenvalue weighted by atomic mass is 19.4. The predicted molar refractivity (Wildman–Crippen MR) is 67.1 cm³/mol. The van der Waals surface area contributed by atoms with Crippen LogP contribution in [0.2, 0.25) is 0 Å².